The first-order chi connectivity index (χ1) is 10.3. The molecule has 3 rings (SSSR count). The predicted octanol–water partition coefficient (Wildman–Crippen LogP) is 3.81. The number of aromatic nitrogens is 1. The summed E-state index contributed by atoms with van der Waals surface area (Å²) in [6.07, 6.45) is 10.1. The SMILES string of the molecule is O=C(OCCCc1cccnc1)c1cc2c(s1)CCCC2. The zero-order valence-corrected chi connectivity index (χ0v) is 12.8. The monoisotopic (exact) mass is 301 g/mol. The number of nitrogens with zero attached hydrogens (tertiary/aromatic N) is 1. The van der Waals surface area contributed by atoms with E-state index < -0.39 is 0 Å². The number of carbonyl (C=O) groups excluding carboxylic acids is 1. The van der Waals surface area contributed by atoms with Crippen LogP contribution in [0, 0.1) is 0 Å². The van der Waals surface area contributed by atoms with Crippen LogP contribution in [0.25, 0.3) is 0 Å². The molecule has 2 aromatic rings. The van der Waals surface area contributed by atoms with Crippen LogP contribution in [0.4, 0.5) is 0 Å². The summed E-state index contributed by atoms with van der Waals surface area (Å²) in [4.78, 5) is 18.3. The standard InChI is InChI=1S/C17H19NO2S/c19-17(16-11-14-7-1-2-8-15(14)21-16)20-10-4-6-13-5-3-9-18-12-13/h3,5,9,11-12H,1-2,4,6-8,10H2. The van der Waals surface area contributed by atoms with Gasteiger partial charge in [0.15, 0.2) is 0 Å². The molecule has 1 aliphatic rings. The third kappa shape index (κ3) is 3.70. The van der Waals surface area contributed by atoms with E-state index in [-0.39, 0.29) is 5.97 Å². The number of hydrogen-bond acceptors (Lipinski definition) is 4. The molecule has 0 atom stereocenters. The fourth-order valence-corrected chi connectivity index (χ4v) is 3.80. The van der Waals surface area contributed by atoms with E-state index in [2.05, 4.69) is 4.98 Å². The Bertz CT molecular complexity index is 583. The van der Waals surface area contributed by atoms with Gasteiger partial charge in [-0.15, -0.1) is 11.3 Å². The van der Waals surface area contributed by atoms with Gasteiger partial charge < -0.3 is 4.74 Å². The number of hydrogen-bond donors (Lipinski definition) is 0. The second-order valence-corrected chi connectivity index (χ2v) is 6.50. The van der Waals surface area contributed by atoms with Crippen LogP contribution in [-0.2, 0) is 24.0 Å². The van der Waals surface area contributed by atoms with Crippen molar-refractivity contribution in [2.75, 3.05) is 6.61 Å². The molecule has 1 aliphatic carbocycles. The average molecular weight is 301 g/mol. The molecule has 0 fully saturated rings. The van der Waals surface area contributed by atoms with Crippen molar-refractivity contribution in [3.8, 4) is 0 Å². The van der Waals surface area contributed by atoms with Gasteiger partial charge in [-0.1, -0.05) is 6.07 Å². The van der Waals surface area contributed by atoms with Gasteiger partial charge in [-0.25, -0.2) is 4.79 Å². The zero-order valence-electron chi connectivity index (χ0n) is 12.0. The molecular weight excluding hydrogens is 282 g/mol. The number of rotatable bonds is 5. The third-order valence-electron chi connectivity index (χ3n) is 3.76. The normalized spacial score (nSPS) is 13.7. The molecule has 2 aromatic heterocycles. The highest BCUT2D eigenvalue weighted by Crippen LogP contribution is 2.30. The van der Waals surface area contributed by atoms with E-state index in [9.17, 15) is 4.79 Å². The van der Waals surface area contributed by atoms with Crippen molar-refractivity contribution in [2.24, 2.45) is 0 Å². The third-order valence-corrected chi connectivity index (χ3v) is 4.98. The van der Waals surface area contributed by atoms with Crippen molar-refractivity contribution in [3.05, 3.63) is 51.5 Å². The van der Waals surface area contributed by atoms with Crippen LogP contribution in [0.1, 0.15) is 44.9 Å². The molecule has 0 saturated heterocycles. The Balaban J connectivity index is 1.47. The summed E-state index contributed by atoms with van der Waals surface area (Å²) in [7, 11) is 0. The molecule has 0 spiro atoms. The smallest absolute Gasteiger partial charge is 0.348 e. The highest BCUT2D eigenvalue weighted by molar-refractivity contribution is 7.14. The minimum Gasteiger partial charge on any atom is -0.461 e. The number of aryl methyl sites for hydroxylation is 3. The number of ether oxygens (including phenoxy) is 1. The Morgan fingerprint density at radius 3 is 3.05 bits per heavy atom. The lowest BCUT2D eigenvalue weighted by atomic mass is 9.99. The Hall–Kier alpha value is -1.68. The van der Waals surface area contributed by atoms with Gasteiger partial charge in [-0.05, 0) is 61.8 Å². The van der Waals surface area contributed by atoms with Gasteiger partial charge in [0.1, 0.15) is 4.88 Å². The first kappa shape index (κ1) is 14.3. The largest absolute Gasteiger partial charge is 0.461 e. The maximum Gasteiger partial charge on any atom is 0.348 e. The molecule has 0 unspecified atom stereocenters. The molecule has 3 nitrogen and oxygen atoms in total. The van der Waals surface area contributed by atoms with Crippen LogP contribution in [0.3, 0.4) is 0 Å². The highest BCUT2D eigenvalue weighted by atomic mass is 32.1. The van der Waals surface area contributed by atoms with Crippen LogP contribution in [0.5, 0.6) is 0 Å². The minimum atomic E-state index is -0.166. The van der Waals surface area contributed by atoms with E-state index in [0.29, 0.717) is 6.61 Å². The van der Waals surface area contributed by atoms with Crippen molar-refractivity contribution in [3.63, 3.8) is 0 Å². The summed E-state index contributed by atoms with van der Waals surface area (Å²) in [5, 5.41) is 0. The highest BCUT2D eigenvalue weighted by Gasteiger charge is 2.17. The van der Waals surface area contributed by atoms with Crippen molar-refractivity contribution < 1.29 is 9.53 Å². The number of fused-ring (bicyclic) bond motifs is 1. The minimum absolute atomic E-state index is 0.166. The lowest BCUT2D eigenvalue weighted by Gasteiger charge is -2.08. The molecule has 0 aromatic carbocycles. The van der Waals surface area contributed by atoms with Crippen LogP contribution in [0.15, 0.2) is 30.6 Å². The van der Waals surface area contributed by atoms with Crippen molar-refractivity contribution in [2.45, 2.75) is 38.5 Å². The molecule has 0 amide bonds. The van der Waals surface area contributed by atoms with E-state index in [1.165, 1.54) is 28.8 Å². The van der Waals surface area contributed by atoms with Crippen LogP contribution in [-0.4, -0.2) is 17.6 Å². The van der Waals surface area contributed by atoms with Gasteiger partial charge in [0.2, 0.25) is 0 Å². The molecule has 0 bridgehead atoms. The average Bonchev–Trinajstić information content (AvgIpc) is 2.96. The van der Waals surface area contributed by atoms with Gasteiger partial charge in [0.25, 0.3) is 0 Å². The summed E-state index contributed by atoms with van der Waals surface area (Å²) in [5.41, 5.74) is 2.54. The quantitative estimate of drug-likeness (QED) is 0.622. The second-order valence-electron chi connectivity index (χ2n) is 5.37. The Morgan fingerprint density at radius 1 is 1.33 bits per heavy atom. The first-order valence-corrected chi connectivity index (χ1v) is 8.32. The summed E-state index contributed by atoms with van der Waals surface area (Å²) in [5.74, 6) is -0.166. The Kier molecular flexibility index (Phi) is 4.65. The fourth-order valence-electron chi connectivity index (χ4n) is 2.65. The van der Waals surface area contributed by atoms with Crippen LogP contribution < -0.4 is 0 Å². The molecule has 0 radical (unpaired) electrons. The van der Waals surface area contributed by atoms with Gasteiger partial charge in [-0.2, -0.15) is 0 Å². The lowest BCUT2D eigenvalue weighted by molar-refractivity contribution is 0.0506. The molecule has 2 heterocycles. The molecule has 4 heteroatoms. The number of esters is 1. The number of thiophene rings is 1. The lowest BCUT2D eigenvalue weighted by Crippen LogP contribution is -2.05. The van der Waals surface area contributed by atoms with Crippen LogP contribution >= 0.6 is 11.3 Å². The summed E-state index contributed by atoms with van der Waals surface area (Å²) in [6, 6.07) is 6.00. The fraction of sp³-hybridized carbons (Fsp3) is 0.412. The number of carbonyl (C=O) groups is 1. The second kappa shape index (κ2) is 6.85. The summed E-state index contributed by atoms with van der Waals surface area (Å²) < 4.78 is 5.38. The molecule has 0 aliphatic heterocycles. The maximum atomic E-state index is 12.0. The van der Waals surface area contributed by atoms with Crippen molar-refractivity contribution in [1.29, 1.82) is 0 Å². The van der Waals surface area contributed by atoms with Crippen LogP contribution in [0.2, 0.25) is 0 Å². The van der Waals surface area contributed by atoms with E-state index in [1.807, 2.05) is 24.4 Å². The van der Waals surface area contributed by atoms with Gasteiger partial charge >= 0.3 is 5.97 Å². The topological polar surface area (TPSA) is 39.2 Å². The summed E-state index contributed by atoms with van der Waals surface area (Å²) >= 11 is 1.61. The van der Waals surface area contributed by atoms with E-state index in [0.717, 1.165) is 30.6 Å². The Morgan fingerprint density at radius 2 is 2.24 bits per heavy atom. The first-order valence-electron chi connectivity index (χ1n) is 7.50. The predicted molar refractivity (Wildman–Crippen MR) is 83.8 cm³/mol. The Labute approximate surface area is 129 Å². The van der Waals surface area contributed by atoms with Crippen molar-refractivity contribution in [1.82, 2.24) is 4.98 Å². The van der Waals surface area contributed by atoms with Crippen molar-refractivity contribution >= 4 is 17.3 Å². The zero-order chi connectivity index (χ0) is 14.5. The molecule has 21 heavy (non-hydrogen) atoms. The molecule has 0 N–H and O–H groups in total. The molecule has 0 saturated carbocycles. The molecular formula is C17H19NO2S. The van der Waals surface area contributed by atoms with E-state index >= 15 is 0 Å². The maximum absolute atomic E-state index is 12.0. The van der Waals surface area contributed by atoms with Gasteiger partial charge in [0, 0.05) is 17.3 Å². The number of pyridine rings is 1. The van der Waals surface area contributed by atoms with E-state index in [1.54, 1.807) is 17.5 Å². The summed E-state index contributed by atoms with van der Waals surface area (Å²) in [6.45, 7) is 0.469. The van der Waals surface area contributed by atoms with E-state index in [4.69, 9.17) is 4.74 Å². The molecule has 110 valence electrons. The van der Waals surface area contributed by atoms with Gasteiger partial charge in [-0.3, -0.25) is 4.98 Å². The van der Waals surface area contributed by atoms with Gasteiger partial charge in [0.05, 0.1) is 6.61 Å².